The molecular formula is C13H17NO3. The molecule has 0 bridgehead atoms. The summed E-state index contributed by atoms with van der Waals surface area (Å²) in [5.41, 5.74) is 0.782. The van der Waals surface area contributed by atoms with Gasteiger partial charge in [-0.3, -0.25) is 4.79 Å². The van der Waals surface area contributed by atoms with Gasteiger partial charge in [0.15, 0.2) is 0 Å². The van der Waals surface area contributed by atoms with E-state index in [-0.39, 0.29) is 17.6 Å². The maximum absolute atomic E-state index is 11.7. The molecule has 1 aromatic rings. The number of rotatable bonds is 5. The molecule has 0 heterocycles. The summed E-state index contributed by atoms with van der Waals surface area (Å²) in [6.45, 7) is 0.556. The SMILES string of the molecule is COC(=O)C(CNC1CC1)c1cccc(O)c1. The topological polar surface area (TPSA) is 58.6 Å². The summed E-state index contributed by atoms with van der Waals surface area (Å²) < 4.78 is 4.80. The van der Waals surface area contributed by atoms with E-state index in [2.05, 4.69) is 5.32 Å². The Morgan fingerprint density at radius 3 is 2.94 bits per heavy atom. The van der Waals surface area contributed by atoms with Crippen molar-refractivity contribution in [1.82, 2.24) is 5.32 Å². The van der Waals surface area contributed by atoms with Crippen molar-refractivity contribution in [2.45, 2.75) is 24.8 Å². The Morgan fingerprint density at radius 2 is 2.35 bits per heavy atom. The average molecular weight is 235 g/mol. The first-order valence-electron chi connectivity index (χ1n) is 5.81. The highest BCUT2D eigenvalue weighted by atomic mass is 16.5. The number of ether oxygens (including phenoxy) is 1. The van der Waals surface area contributed by atoms with Crippen molar-refractivity contribution in [3.63, 3.8) is 0 Å². The first-order valence-corrected chi connectivity index (χ1v) is 5.81. The van der Waals surface area contributed by atoms with Crippen LogP contribution in [-0.2, 0) is 9.53 Å². The summed E-state index contributed by atoms with van der Waals surface area (Å²) in [7, 11) is 1.38. The van der Waals surface area contributed by atoms with E-state index in [1.54, 1.807) is 18.2 Å². The third-order valence-corrected chi connectivity index (χ3v) is 2.95. The molecule has 4 heteroatoms. The summed E-state index contributed by atoms with van der Waals surface area (Å²) >= 11 is 0. The molecule has 92 valence electrons. The van der Waals surface area contributed by atoms with Gasteiger partial charge in [0, 0.05) is 12.6 Å². The number of methoxy groups -OCH3 is 1. The number of phenols is 1. The lowest BCUT2D eigenvalue weighted by Gasteiger charge is -2.15. The van der Waals surface area contributed by atoms with Crippen molar-refractivity contribution in [2.75, 3.05) is 13.7 Å². The molecule has 17 heavy (non-hydrogen) atoms. The lowest BCUT2D eigenvalue weighted by atomic mass is 9.99. The van der Waals surface area contributed by atoms with Crippen LogP contribution in [0.3, 0.4) is 0 Å². The van der Waals surface area contributed by atoms with Gasteiger partial charge in [0.05, 0.1) is 13.0 Å². The molecule has 0 radical (unpaired) electrons. The molecule has 0 spiro atoms. The molecular weight excluding hydrogens is 218 g/mol. The summed E-state index contributed by atoms with van der Waals surface area (Å²) in [4.78, 5) is 11.7. The molecule has 1 unspecified atom stereocenters. The molecule has 1 atom stereocenters. The van der Waals surface area contributed by atoms with Crippen LogP contribution in [0.2, 0.25) is 0 Å². The van der Waals surface area contributed by atoms with E-state index < -0.39 is 0 Å². The normalized spacial score (nSPS) is 16.5. The Balaban J connectivity index is 2.09. The molecule has 0 amide bonds. The maximum atomic E-state index is 11.7. The van der Waals surface area contributed by atoms with E-state index >= 15 is 0 Å². The van der Waals surface area contributed by atoms with Crippen molar-refractivity contribution in [3.05, 3.63) is 29.8 Å². The van der Waals surface area contributed by atoms with Gasteiger partial charge < -0.3 is 15.2 Å². The Hall–Kier alpha value is -1.55. The van der Waals surface area contributed by atoms with E-state index in [1.807, 2.05) is 6.07 Å². The van der Waals surface area contributed by atoms with Gasteiger partial charge in [-0.2, -0.15) is 0 Å². The highest BCUT2D eigenvalue weighted by Crippen LogP contribution is 2.24. The van der Waals surface area contributed by atoms with Gasteiger partial charge in [0.2, 0.25) is 0 Å². The van der Waals surface area contributed by atoms with E-state index in [1.165, 1.54) is 20.0 Å². The number of nitrogens with one attached hydrogen (secondary N) is 1. The van der Waals surface area contributed by atoms with Crippen molar-refractivity contribution in [2.24, 2.45) is 0 Å². The van der Waals surface area contributed by atoms with Crippen molar-refractivity contribution < 1.29 is 14.6 Å². The number of hydrogen-bond donors (Lipinski definition) is 2. The lowest BCUT2D eigenvalue weighted by Crippen LogP contribution is -2.29. The molecule has 1 aliphatic rings. The van der Waals surface area contributed by atoms with Crippen LogP contribution in [0.15, 0.2) is 24.3 Å². The van der Waals surface area contributed by atoms with Gasteiger partial charge in [-0.25, -0.2) is 0 Å². The maximum Gasteiger partial charge on any atom is 0.314 e. The second kappa shape index (κ2) is 5.19. The fourth-order valence-electron chi connectivity index (χ4n) is 1.79. The average Bonchev–Trinajstić information content (AvgIpc) is 3.13. The first-order chi connectivity index (χ1) is 8.20. The Bertz CT molecular complexity index is 401. The molecule has 0 saturated heterocycles. The van der Waals surface area contributed by atoms with Crippen LogP contribution in [0.5, 0.6) is 5.75 Å². The number of benzene rings is 1. The van der Waals surface area contributed by atoms with Gasteiger partial charge in [-0.05, 0) is 30.5 Å². The van der Waals surface area contributed by atoms with Crippen molar-refractivity contribution >= 4 is 5.97 Å². The Labute approximate surface area is 101 Å². The van der Waals surface area contributed by atoms with Gasteiger partial charge in [-0.1, -0.05) is 12.1 Å². The molecule has 1 saturated carbocycles. The molecule has 1 aliphatic carbocycles. The quantitative estimate of drug-likeness (QED) is 0.757. The molecule has 0 aliphatic heterocycles. The summed E-state index contributed by atoms with van der Waals surface area (Å²) in [5, 5.41) is 12.7. The fraction of sp³-hybridized carbons (Fsp3) is 0.462. The zero-order chi connectivity index (χ0) is 12.3. The van der Waals surface area contributed by atoms with Crippen LogP contribution in [0.1, 0.15) is 24.3 Å². The Kier molecular flexibility index (Phi) is 3.64. The summed E-state index contributed by atoms with van der Waals surface area (Å²) in [5.74, 6) is -0.459. The number of esters is 1. The van der Waals surface area contributed by atoms with E-state index in [4.69, 9.17) is 4.74 Å². The number of hydrogen-bond acceptors (Lipinski definition) is 4. The second-order valence-corrected chi connectivity index (χ2v) is 4.35. The number of carbonyl (C=O) groups excluding carboxylic acids is 1. The summed E-state index contributed by atoms with van der Waals surface area (Å²) in [6.07, 6.45) is 2.35. The molecule has 4 nitrogen and oxygen atoms in total. The molecule has 2 N–H and O–H groups in total. The van der Waals surface area contributed by atoms with Crippen LogP contribution in [0.25, 0.3) is 0 Å². The van der Waals surface area contributed by atoms with Crippen molar-refractivity contribution in [1.29, 1.82) is 0 Å². The second-order valence-electron chi connectivity index (χ2n) is 4.35. The number of phenolic OH excluding ortho intramolecular Hbond substituents is 1. The van der Waals surface area contributed by atoms with Gasteiger partial charge in [0.25, 0.3) is 0 Å². The summed E-state index contributed by atoms with van der Waals surface area (Å²) in [6, 6.07) is 7.30. The van der Waals surface area contributed by atoms with E-state index in [9.17, 15) is 9.90 Å². The number of carbonyl (C=O) groups is 1. The largest absolute Gasteiger partial charge is 0.508 e. The van der Waals surface area contributed by atoms with Crippen LogP contribution in [0, 0.1) is 0 Å². The third-order valence-electron chi connectivity index (χ3n) is 2.95. The smallest absolute Gasteiger partial charge is 0.314 e. The minimum absolute atomic E-state index is 0.169. The lowest BCUT2D eigenvalue weighted by molar-refractivity contribution is -0.142. The van der Waals surface area contributed by atoms with Crippen LogP contribution in [-0.4, -0.2) is 30.8 Å². The molecule has 0 aromatic heterocycles. The Morgan fingerprint density at radius 1 is 1.59 bits per heavy atom. The molecule has 2 rings (SSSR count). The molecule has 1 aromatic carbocycles. The van der Waals surface area contributed by atoms with Crippen LogP contribution in [0.4, 0.5) is 0 Å². The highest BCUT2D eigenvalue weighted by Gasteiger charge is 2.26. The third kappa shape index (κ3) is 3.20. The van der Waals surface area contributed by atoms with Gasteiger partial charge >= 0.3 is 5.97 Å². The van der Waals surface area contributed by atoms with Crippen molar-refractivity contribution in [3.8, 4) is 5.75 Å². The minimum atomic E-state index is -0.354. The zero-order valence-corrected chi connectivity index (χ0v) is 9.85. The molecule has 1 fully saturated rings. The fourth-order valence-corrected chi connectivity index (χ4v) is 1.79. The number of aromatic hydroxyl groups is 1. The predicted octanol–water partition coefficient (Wildman–Crippen LogP) is 1.40. The van der Waals surface area contributed by atoms with Gasteiger partial charge in [0.1, 0.15) is 5.75 Å². The first kappa shape index (κ1) is 11.9. The standard InChI is InChI=1S/C13H17NO3/c1-17-13(16)12(8-14-10-5-6-10)9-3-2-4-11(15)7-9/h2-4,7,10,12,14-15H,5-6,8H2,1H3. The predicted molar refractivity (Wildman–Crippen MR) is 63.9 cm³/mol. The van der Waals surface area contributed by atoms with E-state index in [0.29, 0.717) is 12.6 Å². The van der Waals surface area contributed by atoms with Crippen LogP contribution >= 0.6 is 0 Å². The monoisotopic (exact) mass is 235 g/mol. The highest BCUT2D eigenvalue weighted by molar-refractivity contribution is 5.78. The van der Waals surface area contributed by atoms with E-state index in [0.717, 1.165) is 5.56 Å². The van der Waals surface area contributed by atoms with Crippen LogP contribution < -0.4 is 5.32 Å². The minimum Gasteiger partial charge on any atom is -0.508 e. The zero-order valence-electron chi connectivity index (χ0n) is 9.85. The van der Waals surface area contributed by atoms with Gasteiger partial charge in [-0.15, -0.1) is 0 Å².